The smallest absolute Gasteiger partial charge is 0.119 e. The van der Waals surface area contributed by atoms with Crippen LogP contribution >= 0.6 is 0 Å². The lowest BCUT2D eigenvalue weighted by Gasteiger charge is -2.33. The van der Waals surface area contributed by atoms with E-state index in [0.29, 0.717) is 6.04 Å². The molecule has 0 amide bonds. The molecule has 0 aromatic heterocycles. The second-order valence-electron chi connectivity index (χ2n) is 4.71. The fourth-order valence-electron chi connectivity index (χ4n) is 2.38. The molecule has 1 aromatic carbocycles. The number of piperidine rings is 1. The van der Waals surface area contributed by atoms with Crippen LogP contribution in [0.2, 0.25) is 0 Å². The van der Waals surface area contributed by atoms with Gasteiger partial charge in [-0.05, 0) is 50.5 Å². The van der Waals surface area contributed by atoms with Crippen molar-refractivity contribution in [2.24, 2.45) is 5.73 Å². The topological polar surface area (TPSA) is 38.5 Å². The molecule has 94 valence electrons. The van der Waals surface area contributed by atoms with Gasteiger partial charge >= 0.3 is 0 Å². The standard InChI is InChI=1S/C14H22N2O/c1-3-17-13-4-5-14(11(2)10-13)16-8-6-12(15)7-9-16/h4-5,10,12H,3,6-9,15H2,1-2H3. The predicted octanol–water partition coefficient (Wildman–Crippen LogP) is 2.32. The van der Waals surface area contributed by atoms with Crippen LogP contribution in [0.25, 0.3) is 0 Å². The Bertz CT molecular complexity index is 370. The SMILES string of the molecule is CCOc1ccc(N2CCC(N)CC2)c(C)c1. The van der Waals surface area contributed by atoms with Crippen LogP contribution in [0.4, 0.5) is 5.69 Å². The molecule has 0 aliphatic carbocycles. The van der Waals surface area contributed by atoms with E-state index in [1.54, 1.807) is 0 Å². The maximum absolute atomic E-state index is 5.93. The van der Waals surface area contributed by atoms with E-state index in [1.807, 2.05) is 6.92 Å². The lowest BCUT2D eigenvalue weighted by Crippen LogP contribution is -2.39. The number of benzene rings is 1. The monoisotopic (exact) mass is 234 g/mol. The van der Waals surface area contributed by atoms with Crippen molar-refractivity contribution in [3.63, 3.8) is 0 Å². The molecule has 17 heavy (non-hydrogen) atoms. The van der Waals surface area contributed by atoms with Gasteiger partial charge < -0.3 is 15.4 Å². The highest BCUT2D eigenvalue weighted by atomic mass is 16.5. The highest BCUT2D eigenvalue weighted by Gasteiger charge is 2.17. The van der Waals surface area contributed by atoms with E-state index in [2.05, 4.69) is 30.0 Å². The lowest BCUT2D eigenvalue weighted by atomic mass is 10.0. The Morgan fingerprint density at radius 3 is 2.65 bits per heavy atom. The zero-order valence-electron chi connectivity index (χ0n) is 10.8. The van der Waals surface area contributed by atoms with E-state index in [4.69, 9.17) is 10.5 Å². The van der Waals surface area contributed by atoms with Gasteiger partial charge in [-0.2, -0.15) is 0 Å². The maximum atomic E-state index is 5.93. The van der Waals surface area contributed by atoms with Crippen LogP contribution < -0.4 is 15.4 Å². The van der Waals surface area contributed by atoms with Crippen LogP contribution in [0.3, 0.4) is 0 Å². The fraction of sp³-hybridized carbons (Fsp3) is 0.571. The summed E-state index contributed by atoms with van der Waals surface area (Å²) in [5, 5.41) is 0. The van der Waals surface area contributed by atoms with Crippen LogP contribution in [0.5, 0.6) is 5.75 Å². The van der Waals surface area contributed by atoms with Crippen molar-refractivity contribution >= 4 is 5.69 Å². The third-order valence-electron chi connectivity index (χ3n) is 3.36. The first kappa shape index (κ1) is 12.2. The summed E-state index contributed by atoms with van der Waals surface area (Å²) in [5.41, 5.74) is 8.53. The molecule has 0 atom stereocenters. The van der Waals surface area contributed by atoms with Crippen molar-refractivity contribution in [2.75, 3.05) is 24.6 Å². The Morgan fingerprint density at radius 2 is 2.06 bits per heavy atom. The van der Waals surface area contributed by atoms with Gasteiger partial charge in [-0.15, -0.1) is 0 Å². The zero-order chi connectivity index (χ0) is 12.3. The minimum atomic E-state index is 0.384. The zero-order valence-corrected chi connectivity index (χ0v) is 10.8. The number of nitrogens with two attached hydrogens (primary N) is 1. The second-order valence-corrected chi connectivity index (χ2v) is 4.71. The molecule has 1 aliphatic heterocycles. The molecule has 3 nitrogen and oxygen atoms in total. The third kappa shape index (κ3) is 2.91. The van der Waals surface area contributed by atoms with E-state index in [-0.39, 0.29) is 0 Å². The van der Waals surface area contributed by atoms with Gasteiger partial charge in [0, 0.05) is 24.8 Å². The van der Waals surface area contributed by atoms with Gasteiger partial charge in [-0.3, -0.25) is 0 Å². The van der Waals surface area contributed by atoms with E-state index in [9.17, 15) is 0 Å². The normalized spacial score (nSPS) is 17.2. The van der Waals surface area contributed by atoms with Crippen molar-refractivity contribution in [1.82, 2.24) is 0 Å². The molecule has 0 spiro atoms. The molecule has 0 radical (unpaired) electrons. The minimum absolute atomic E-state index is 0.384. The summed E-state index contributed by atoms with van der Waals surface area (Å²) < 4.78 is 5.51. The first-order valence-electron chi connectivity index (χ1n) is 6.44. The van der Waals surface area contributed by atoms with Gasteiger partial charge in [0.05, 0.1) is 6.61 Å². The van der Waals surface area contributed by atoms with Crippen LogP contribution in [0.15, 0.2) is 18.2 Å². The van der Waals surface area contributed by atoms with Crippen molar-refractivity contribution in [1.29, 1.82) is 0 Å². The van der Waals surface area contributed by atoms with Gasteiger partial charge in [0.1, 0.15) is 5.75 Å². The Labute approximate surface area is 104 Å². The largest absolute Gasteiger partial charge is 0.494 e. The lowest BCUT2D eigenvalue weighted by molar-refractivity contribution is 0.340. The average Bonchev–Trinajstić information content (AvgIpc) is 2.31. The van der Waals surface area contributed by atoms with Crippen molar-refractivity contribution < 1.29 is 4.74 Å². The first-order valence-corrected chi connectivity index (χ1v) is 6.44. The molecule has 1 aromatic rings. The highest BCUT2D eigenvalue weighted by Crippen LogP contribution is 2.27. The number of nitrogens with zero attached hydrogens (tertiary/aromatic N) is 1. The summed E-state index contributed by atoms with van der Waals surface area (Å²) in [7, 11) is 0. The molecule has 1 fully saturated rings. The Balaban J connectivity index is 2.10. The van der Waals surface area contributed by atoms with Crippen LogP contribution in [-0.4, -0.2) is 25.7 Å². The van der Waals surface area contributed by atoms with Gasteiger partial charge in [0.25, 0.3) is 0 Å². The first-order chi connectivity index (χ1) is 8.20. The van der Waals surface area contributed by atoms with Crippen molar-refractivity contribution in [2.45, 2.75) is 32.7 Å². The highest BCUT2D eigenvalue weighted by molar-refractivity contribution is 5.56. The molecule has 3 heteroatoms. The number of hydrogen-bond acceptors (Lipinski definition) is 3. The molecule has 1 saturated heterocycles. The van der Waals surface area contributed by atoms with E-state index < -0.39 is 0 Å². The molecule has 2 rings (SSSR count). The van der Waals surface area contributed by atoms with Crippen LogP contribution in [-0.2, 0) is 0 Å². The van der Waals surface area contributed by atoms with E-state index in [1.165, 1.54) is 11.3 Å². The van der Waals surface area contributed by atoms with Crippen molar-refractivity contribution in [3.05, 3.63) is 23.8 Å². The molecular formula is C14H22N2O. The molecular weight excluding hydrogens is 212 g/mol. The predicted molar refractivity (Wildman–Crippen MR) is 71.8 cm³/mol. The summed E-state index contributed by atoms with van der Waals surface area (Å²) in [6.45, 7) is 7.00. The second kappa shape index (κ2) is 5.41. The molecule has 1 heterocycles. The van der Waals surface area contributed by atoms with Gasteiger partial charge in [-0.25, -0.2) is 0 Å². The quantitative estimate of drug-likeness (QED) is 0.872. The molecule has 1 aliphatic rings. The van der Waals surface area contributed by atoms with Crippen LogP contribution in [0, 0.1) is 6.92 Å². The summed E-state index contributed by atoms with van der Waals surface area (Å²) >= 11 is 0. The average molecular weight is 234 g/mol. The number of rotatable bonds is 3. The number of hydrogen-bond donors (Lipinski definition) is 1. The van der Waals surface area contributed by atoms with Crippen molar-refractivity contribution in [3.8, 4) is 5.75 Å². The molecule has 0 bridgehead atoms. The molecule has 0 unspecified atom stereocenters. The molecule has 2 N–H and O–H groups in total. The summed E-state index contributed by atoms with van der Waals surface area (Å²) in [6, 6.07) is 6.72. The number of aryl methyl sites for hydroxylation is 1. The van der Waals surface area contributed by atoms with E-state index >= 15 is 0 Å². The van der Waals surface area contributed by atoms with E-state index in [0.717, 1.165) is 38.3 Å². The number of ether oxygens (including phenoxy) is 1. The van der Waals surface area contributed by atoms with Gasteiger partial charge in [0.15, 0.2) is 0 Å². The minimum Gasteiger partial charge on any atom is -0.494 e. The number of anilines is 1. The summed E-state index contributed by atoms with van der Waals surface area (Å²) in [6.07, 6.45) is 2.18. The van der Waals surface area contributed by atoms with Gasteiger partial charge in [-0.1, -0.05) is 0 Å². The van der Waals surface area contributed by atoms with Crippen LogP contribution in [0.1, 0.15) is 25.3 Å². The third-order valence-corrected chi connectivity index (χ3v) is 3.36. The fourth-order valence-corrected chi connectivity index (χ4v) is 2.38. The van der Waals surface area contributed by atoms with Gasteiger partial charge in [0.2, 0.25) is 0 Å². The summed E-state index contributed by atoms with van der Waals surface area (Å²) in [4.78, 5) is 2.43. The Morgan fingerprint density at radius 1 is 1.35 bits per heavy atom. The maximum Gasteiger partial charge on any atom is 0.119 e. The summed E-state index contributed by atoms with van der Waals surface area (Å²) in [5.74, 6) is 0.961. The Kier molecular flexibility index (Phi) is 3.89. The Hall–Kier alpha value is -1.22. The molecule has 0 saturated carbocycles.